The smallest absolute Gasteiger partial charge is 0.394 e. The number of aromatic nitrogens is 1. The minimum absolute atomic E-state index is 0.110. The van der Waals surface area contributed by atoms with E-state index in [1.807, 2.05) is 6.92 Å². The second-order valence-electron chi connectivity index (χ2n) is 5.53. The highest BCUT2D eigenvalue weighted by Crippen LogP contribution is 2.37. The molecule has 9 heteroatoms. The summed E-state index contributed by atoms with van der Waals surface area (Å²) in [6, 6.07) is 1.07. The molecule has 0 aromatic carbocycles. The molecule has 1 aliphatic heterocycles. The molecular weight excluding hydrogens is 315 g/mol. The van der Waals surface area contributed by atoms with E-state index in [0.29, 0.717) is 5.56 Å². The molecule has 0 saturated carbocycles. The van der Waals surface area contributed by atoms with Gasteiger partial charge in [0.15, 0.2) is 0 Å². The predicted molar refractivity (Wildman–Crippen MR) is 73.5 cm³/mol. The standard InChI is InChI=1S/C14H16F3N3O3/c1-8-2-9(4-18-3-8)5-19-13(23)20-6-10(12(21)22)11(7-20)14(15,16)17/h2-4,10-11H,5-7H2,1H3,(H,19,23)(H,21,22)/t10-,11-/m1/s1. The van der Waals surface area contributed by atoms with E-state index in [-0.39, 0.29) is 6.54 Å². The summed E-state index contributed by atoms with van der Waals surface area (Å²) in [6.07, 6.45) is -1.48. The fourth-order valence-electron chi connectivity index (χ4n) is 2.56. The minimum atomic E-state index is -4.65. The van der Waals surface area contributed by atoms with E-state index >= 15 is 0 Å². The Labute approximate surface area is 130 Å². The first-order valence-corrected chi connectivity index (χ1v) is 6.91. The highest BCUT2D eigenvalue weighted by molar-refractivity contribution is 5.77. The molecule has 2 atom stereocenters. The summed E-state index contributed by atoms with van der Waals surface area (Å²) in [5, 5.41) is 11.4. The van der Waals surface area contributed by atoms with Gasteiger partial charge in [-0.1, -0.05) is 6.07 Å². The third kappa shape index (κ3) is 4.11. The van der Waals surface area contributed by atoms with Crippen LogP contribution < -0.4 is 5.32 Å². The van der Waals surface area contributed by atoms with Gasteiger partial charge in [0.05, 0.1) is 11.8 Å². The Kier molecular flexibility index (Phi) is 4.76. The van der Waals surface area contributed by atoms with Gasteiger partial charge in [-0.05, 0) is 18.1 Å². The van der Waals surface area contributed by atoms with Crippen LogP contribution in [-0.2, 0) is 11.3 Å². The third-order valence-electron chi connectivity index (χ3n) is 3.72. The van der Waals surface area contributed by atoms with Gasteiger partial charge in [-0.15, -0.1) is 0 Å². The van der Waals surface area contributed by atoms with Crippen molar-refractivity contribution in [1.82, 2.24) is 15.2 Å². The number of halogens is 3. The normalized spacial score (nSPS) is 21.3. The van der Waals surface area contributed by atoms with Crippen molar-refractivity contribution >= 4 is 12.0 Å². The van der Waals surface area contributed by atoms with Gasteiger partial charge in [0, 0.05) is 32.0 Å². The maximum Gasteiger partial charge on any atom is 0.394 e. The van der Waals surface area contributed by atoms with E-state index in [9.17, 15) is 22.8 Å². The van der Waals surface area contributed by atoms with E-state index in [2.05, 4.69) is 10.3 Å². The summed E-state index contributed by atoms with van der Waals surface area (Å²) in [4.78, 5) is 27.8. The molecule has 1 saturated heterocycles. The summed E-state index contributed by atoms with van der Waals surface area (Å²) >= 11 is 0. The third-order valence-corrected chi connectivity index (χ3v) is 3.72. The lowest BCUT2D eigenvalue weighted by atomic mass is 9.96. The number of carbonyl (C=O) groups is 2. The van der Waals surface area contributed by atoms with Crippen LogP contribution in [-0.4, -0.2) is 46.3 Å². The molecule has 0 bridgehead atoms. The first-order chi connectivity index (χ1) is 10.7. The van der Waals surface area contributed by atoms with Gasteiger partial charge in [-0.2, -0.15) is 13.2 Å². The number of hydrogen-bond acceptors (Lipinski definition) is 3. The highest BCUT2D eigenvalue weighted by atomic mass is 19.4. The van der Waals surface area contributed by atoms with Crippen molar-refractivity contribution in [2.24, 2.45) is 11.8 Å². The number of hydrogen-bond donors (Lipinski definition) is 2. The number of pyridine rings is 1. The van der Waals surface area contributed by atoms with E-state index in [1.165, 1.54) is 6.20 Å². The number of aryl methyl sites for hydroxylation is 1. The van der Waals surface area contributed by atoms with Gasteiger partial charge in [0.1, 0.15) is 0 Å². The van der Waals surface area contributed by atoms with Gasteiger partial charge in [0.2, 0.25) is 0 Å². The van der Waals surface area contributed by atoms with Crippen molar-refractivity contribution in [3.8, 4) is 0 Å². The molecule has 126 valence electrons. The molecule has 2 amide bonds. The van der Waals surface area contributed by atoms with Crippen molar-refractivity contribution in [3.63, 3.8) is 0 Å². The first-order valence-electron chi connectivity index (χ1n) is 6.91. The average Bonchev–Trinajstić information content (AvgIpc) is 2.90. The summed E-state index contributed by atoms with van der Waals surface area (Å²) in [6.45, 7) is 0.818. The number of alkyl halides is 3. The quantitative estimate of drug-likeness (QED) is 0.885. The molecule has 1 fully saturated rings. The molecule has 0 aliphatic carbocycles. The molecule has 0 unspecified atom stereocenters. The Morgan fingerprint density at radius 3 is 2.61 bits per heavy atom. The van der Waals surface area contributed by atoms with Gasteiger partial charge < -0.3 is 15.3 Å². The number of carboxylic acid groups (broad SMARTS) is 1. The van der Waals surface area contributed by atoms with E-state index < -0.39 is 43.1 Å². The van der Waals surface area contributed by atoms with Crippen molar-refractivity contribution < 1.29 is 27.9 Å². The molecule has 1 aliphatic rings. The second kappa shape index (κ2) is 6.43. The van der Waals surface area contributed by atoms with Gasteiger partial charge in [0.25, 0.3) is 0 Å². The summed E-state index contributed by atoms with van der Waals surface area (Å²) in [5.41, 5.74) is 1.60. The molecule has 1 aromatic heterocycles. The minimum Gasteiger partial charge on any atom is -0.481 e. The fourth-order valence-corrected chi connectivity index (χ4v) is 2.56. The molecule has 2 rings (SSSR count). The first kappa shape index (κ1) is 17.0. The van der Waals surface area contributed by atoms with E-state index in [4.69, 9.17) is 5.11 Å². The van der Waals surface area contributed by atoms with Crippen LogP contribution in [0.15, 0.2) is 18.5 Å². The number of likely N-dealkylation sites (tertiary alicyclic amines) is 1. The van der Waals surface area contributed by atoms with Crippen LogP contribution in [0, 0.1) is 18.8 Å². The molecule has 6 nitrogen and oxygen atoms in total. The maximum atomic E-state index is 12.9. The molecule has 2 N–H and O–H groups in total. The van der Waals surface area contributed by atoms with Crippen molar-refractivity contribution in [1.29, 1.82) is 0 Å². The molecule has 0 spiro atoms. The lowest BCUT2D eigenvalue weighted by Gasteiger charge is -2.18. The van der Waals surface area contributed by atoms with Crippen molar-refractivity contribution in [2.45, 2.75) is 19.6 Å². The van der Waals surface area contributed by atoms with E-state index in [1.54, 1.807) is 12.3 Å². The van der Waals surface area contributed by atoms with Crippen molar-refractivity contribution in [3.05, 3.63) is 29.6 Å². The Hall–Kier alpha value is -2.32. The molecular formula is C14H16F3N3O3. The van der Waals surface area contributed by atoms with Crippen LogP contribution in [0.2, 0.25) is 0 Å². The van der Waals surface area contributed by atoms with Crippen LogP contribution >= 0.6 is 0 Å². The zero-order valence-electron chi connectivity index (χ0n) is 12.3. The lowest BCUT2D eigenvalue weighted by Crippen LogP contribution is -2.39. The number of carboxylic acids is 1. The van der Waals surface area contributed by atoms with Crippen LogP contribution in [0.4, 0.5) is 18.0 Å². The zero-order chi connectivity index (χ0) is 17.2. The topological polar surface area (TPSA) is 82.5 Å². The number of nitrogens with zero attached hydrogens (tertiary/aromatic N) is 2. The van der Waals surface area contributed by atoms with Gasteiger partial charge in [-0.25, -0.2) is 4.79 Å². The van der Waals surface area contributed by atoms with E-state index in [0.717, 1.165) is 10.5 Å². The largest absolute Gasteiger partial charge is 0.481 e. The monoisotopic (exact) mass is 331 g/mol. The lowest BCUT2D eigenvalue weighted by molar-refractivity contribution is -0.187. The summed E-state index contributed by atoms with van der Waals surface area (Å²) in [5.74, 6) is -5.24. The van der Waals surface area contributed by atoms with Crippen LogP contribution in [0.1, 0.15) is 11.1 Å². The fraction of sp³-hybridized carbons (Fsp3) is 0.500. The number of nitrogens with one attached hydrogen (secondary N) is 1. The maximum absolute atomic E-state index is 12.9. The average molecular weight is 331 g/mol. The zero-order valence-corrected chi connectivity index (χ0v) is 12.3. The molecule has 0 radical (unpaired) electrons. The van der Waals surface area contributed by atoms with Crippen LogP contribution in [0.5, 0.6) is 0 Å². The predicted octanol–water partition coefficient (Wildman–Crippen LogP) is 1.79. The number of rotatable bonds is 3. The summed E-state index contributed by atoms with van der Waals surface area (Å²) in [7, 11) is 0. The SMILES string of the molecule is Cc1cncc(CNC(=O)N2C[C@@H](C(F)(F)F)[C@H](C(=O)O)C2)c1. The Bertz CT molecular complexity index is 606. The number of amides is 2. The molecule has 1 aromatic rings. The van der Waals surface area contributed by atoms with Crippen molar-refractivity contribution in [2.75, 3.05) is 13.1 Å². The molecule has 23 heavy (non-hydrogen) atoms. The molecule has 2 heterocycles. The van der Waals surface area contributed by atoms with Gasteiger partial charge >= 0.3 is 18.2 Å². The Morgan fingerprint density at radius 1 is 1.39 bits per heavy atom. The van der Waals surface area contributed by atoms with Crippen LogP contribution in [0.25, 0.3) is 0 Å². The van der Waals surface area contributed by atoms with Crippen LogP contribution in [0.3, 0.4) is 0 Å². The Morgan fingerprint density at radius 2 is 2.09 bits per heavy atom. The van der Waals surface area contributed by atoms with Gasteiger partial charge in [-0.3, -0.25) is 9.78 Å². The number of urea groups is 1. The second-order valence-corrected chi connectivity index (χ2v) is 5.53. The number of aliphatic carboxylic acids is 1. The number of carbonyl (C=O) groups excluding carboxylic acids is 1. The highest BCUT2D eigenvalue weighted by Gasteiger charge is 2.53. The summed E-state index contributed by atoms with van der Waals surface area (Å²) < 4.78 is 38.6. The Balaban J connectivity index is 1.99.